The van der Waals surface area contributed by atoms with Crippen LogP contribution in [0.1, 0.15) is 25.0 Å². The minimum atomic E-state index is -0.120. The van der Waals surface area contributed by atoms with E-state index in [4.69, 9.17) is 0 Å². The molecule has 0 saturated heterocycles. The van der Waals surface area contributed by atoms with E-state index in [1.807, 2.05) is 45.0 Å². The van der Waals surface area contributed by atoms with E-state index in [0.29, 0.717) is 6.54 Å². The lowest BCUT2D eigenvalue weighted by Crippen LogP contribution is -2.39. The van der Waals surface area contributed by atoms with Crippen molar-refractivity contribution in [3.05, 3.63) is 35.4 Å². The van der Waals surface area contributed by atoms with Crippen molar-refractivity contribution in [2.75, 3.05) is 0 Å². The molecule has 2 N–H and O–H groups in total. The highest BCUT2D eigenvalue weighted by Crippen LogP contribution is 2.02. The van der Waals surface area contributed by atoms with Gasteiger partial charge in [0.25, 0.3) is 0 Å². The minimum absolute atomic E-state index is 0.120. The van der Waals surface area contributed by atoms with Crippen LogP contribution in [0.25, 0.3) is 0 Å². The van der Waals surface area contributed by atoms with E-state index >= 15 is 0 Å². The number of hydrogen-bond donors (Lipinski definition) is 2. The van der Waals surface area contributed by atoms with Gasteiger partial charge in [0.05, 0.1) is 0 Å². The highest BCUT2D eigenvalue weighted by atomic mass is 16.2. The summed E-state index contributed by atoms with van der Waals surface area (Å²) in [6, 6.07) is 8.17. The fourth-order valence-corrected chi connectivity index (χ4v) is 1.20. The van der Waals surface area contributed by atoms with Crippen molar-refractivity contribution in [2.45, 2.75) is 33.4 Å². The summed E-state index contributed by atoms with van der Waals surface area (Å²) in [6.45, 7) is 6.48. The van der Waals surface area contributed by atoms with Crippen LogP contribution in [0, 0.1) is 6.92 Å². The third kappa shape index (κ3) is 4.49. The minimum Gasteiger partial charge on any atom is -0.336 e. The molecule has 0 aliphatic rings. The van der Waals surface area contributed by atoms with Gasteiger partial charge in [-0.2, -0.15) is 0 Å². The Labute approximate surface area is 90.9 Å². The number of nitrogens with one attached hydrogen (secondary N) is 2. The number of amides is 2. The summed E-state index contributed by atoms with van der Waals surface area (Å²) >= 11 is 0. The van der Waals surface area contributed by atoms with Crippen molar-refractivity contribution in [1.82, 2.24) is 10.6 Å². The molecule has 3 heteroatoms. The zero-order chi connectivity index (χ0) is 11.3. The predicted molar refractivity (Wildman–Crippen MR) is 61.7 cm³/mol. The van der Waals surface area contributed by atoms with Crippen molar-refractivity contribution in [3.63, 3.8) is 0 Å². The Kier molecular flexibility index (Phi) is 4.16. The molecule has 1 aromatic rings. The summed E-state index contributed by atoms with van der Waals surface area (Å²) < 4.78 is 0. The van der Waals surface area contributed by atoms with Gasteiger partial charge < -0.3 is 10.6 Å². The van der Waals surface area contributed by atoms with Crippen LogP contribution in [0.15, 0.2) is 24.3 Å². The van der Waals surface area contributed by atoms with E-state index in [-0.39, 0.29) is 12.1 Å². The van der Waals surface area contributed by atoms with E-state index in [9.17, 15) is 4.79 Å². The van der Waals surface area contributed by atoms with Gasteiger partial charge in [-0.15, -0.1) is 0 Å². The van der Waals surface area contributed by atoms with Gasteiger partial charge in [-0.05, 0) is 26.3 Å². The molecule has 0 spiro atoms. The number of hydrogen-bond acceptors (Lipinski definition) is 1. The fourth-order valence-electron chi connectivity index (χ4n) is 1.20. The molecule has 15 heavy (non-hydrogen) atoms. The van der Waals surface area contributed by atoms with E-state index in [1.165, 1.54) is 5.56 Å². The second kappa shape index (κ2) is 5.39. The van der Waals surface area contributed by atoms with Gasteiger partial charge in [-0.3, -0.25) is 0 Å². The first-order valence-electron chi connectivity index (χ1n) is 5.18. The number of rotatable bonds is 3. The van der Waals surface area contributed by atoms with Crippen LogP contribution in [0.2, 0.25) is 0 Å². The average Bonchev–Trinajstić information content (AvgIpc) is 2.16. The molecule has 0 fully saturated rings. The van der Waals surface area contributed by atoms with E-state index < -0.39 is 0 Å². The molecule has 2 amide bonds. The van der Waals surface area contributed by atoms with E-state index in [0.717, 1.165) is 5.56 Å². The molecular weight excluding hydrogens is 188 g/mol. The average molecular weight is 206 g/mol. The molecule has 1 aromatic carbocycles. The number of urea groups is 1. The molecule has 0 heterocycles. The molecule has 0 aliphatic heterocycles. The lowest BCUT2D eigenvalue weighted by molar-refractivity contribution is 0.238. The van der Waals surface area contributed by atoms with E-state index in [2.05, 4.69) is 10.6 Å². The van der Waals surface area contributed by atoms with Crippen LogP contribution < -0.4 is 10.6 Å². The van der Waals surface area contributed by atoms with E-state index in [1.54, 1.807) is 0 Å². The Hall–Kier alpha value is -1.51. The van der Waals surface area contributed by atoms with Crippen molar-refractivity contribution in [1.29, 1.82) is 0 Å². The normalized spacial score (nSPS) is 10.1. The number of aryl methyl sites for hydroxylation is 1. The van der Waals surface area contributed by atoms with Crippen LogP contribution in [0.5, 0.6) is 0 Å². The molecule has 0 unspecified atom stereocenters. The first-order chi connectivity index (χ1) is 7.08. The van der Waals surface area contributed by atoms with Crippen molar-refractivity contribution in [3.8, 4) is 0 Å². The van der Waals surface area contributed by atoms with Gasteiger partial charge in [0.2, 0.25) is 0 Å². The second-order valence-corrected chi connectivity index (χ2v) is 3.97. The molecule has 0 radical (unpaired) electrons. The van der Waals surface area contributed by atoms with Crippen LogP contribution in [0.3, 0.4) is 0 Å². The van der Waals surface area contributed by atoms with Gasteiger partial charge in [0.15, 0.2) is 0 Å². The summed E-state index contributed by atoms with van der Waals surface area (Å²) in [5.74, 6) is 0. The predicted octanol–water partition coefficient (Wildman–Crippen LogP) is 2.20. The topological polar surface area (TPSA) is 41.1 Å². The quantitative estimate of drug-likeness (QED) is 0.782. The Morgan fingerprint density at radius 3 is 2.40 bits per heavy atom. The molecule has 0 aliphatic carbocycles. The number of carbonyl (C=O) groups is 1. The van der Waals surface area contributed by atoms with Gasteiger partial charge in [-0.25, -0.2) is 4.79 Å². The Bertz CT molecular complexity index is 317. The van der Waals surface area contributed by atoms with Crippen molar-refractivity contribution >= 4 is 6.03 Å². The molecular formula is C12H18N2O. The van der Waals surface area contributed by atoms with Crippen molar-refractivity contribution in [2.24, 2.45) is 0 Å². The van der Waals surface area contributed by atoms with Gasteiger partial charge >= 0.3 is 6.03 Å². The summed E-state index contributed by atoms with van der Waals surface area (Å²) in [4.78, 5) is 11.3. The largest absolute Gasteiger partial charge is 0.336 e. The summed E-state index contributed by atoms with van der Waals surface area (Å²) in [7, 11) is 0. The zero-order valence-electron chi connectivity index (χ0n) is 9.50. The molecule has 0 bridgehead atoms. The molecule has 0 atom stereocenters. The van der Waals surface area contributed by atoms with Crippen molar-refractivity contribution < 1.29 is 4.79 Å². The smallest absolute Gasteiger partial charge is 0.315 e. The second-order valence-electron chi connectivity index (χ2n) is 3.97. The van der Waals surface area contributed by atoms with Crippen LogP contribution in [-0.2, 0) is 6.54 Å². The highest BCUT2D eigenvalue weighted by molar-refractivity contribution is 5.74. The third-order valence-corrected chi connectivity index (χ3v) is 1.99. The molecule has 1 rings (SSSR count). The molecule has 0 saturated carbocycles. The molecule has 82 valence electrons. The van der Waals surface area contributed by atoms with Gasteiger partial charge in [0.1, 0.15) is 0 Å². The summed E-state index contributed by atoms with van der Waals surface area (Å²) in [5, 5.41) is 5.57. The van der Waals surface area contributed by atoms with Gasteiger partial charge in [-0.1, -0.05) is 29.8 Å². The standard InChI is InChI=1S/C12H18N2O/c1-9(2)14-12(15)13-8-11-6-4-10(3)5-7-11/h4-7,9H,8H2,1-3H3,(H2,13,14,15). The maximum absolute atomic E-state index is 11.3. The lowest BCUT2D eigenvalue weighted by Gasteiger charge is -2.10. The van der Waals surface area contributed by atoms with Crippen LogP contribution >= 0.6 is 0 Å². The number of benzene rings is 1. The maximum atomic E-state index is 11.3. The Morgan fingerprint density at radius 1 is 1.27 bits per heavy atom. The number of carbonyl (C=O) groups excluding carboxylic acids is 1. The fraction of sp³-hybridized carbons (Fsp3) is 0.417. The Morgan fingerprint density at radius 2 is 1.87 bits per heavy atom. The Balaban J connectivity index is 2.37. The lowest BCUT2D eigenvalue weighted by atomic mass is 10.1. The maximum Gasteiger partial charge on any atom is 0.315 e. The first-order valence-corrected chi connectivity index (χ1v) is 5.18. The van der Waals surface area contributed by atoms with Crippen LogP contribution in [0.4, 0.5) is 4.79 Å². The monoisotopic (exact) mass is 206 g/mol. The molecule has 0 aromatic heterocycles. The third-order valence-electron chi connectivity index (χ3n) is 1.99. The highest BCUT2D eigenvalue weighted by Gasteiger charge is 2.01. The zero-order valence-corrected chi connectivity index (χ0v) is 9.50. The van der Waals surface area contributed by atoms with Crippen LogP contribution in [-0.4, -0.2) is 12.1 Å². The molecule has 3 nitrogen and oxygen atoms in total. The first kappa shape index (κ1) is 11.6. The summed E-state index contributed by atoms with van der Waals surface area (Å²) in [5.41, 5.74) is 2.34. The van der Waals surface area contributed by atoms with Gasteiger partial charge in [0, 0.05) is 12.6 Å². The SMILES string of the molecule is Cc1ccc(CNC(=O)NC(C)C)cc1. The summed E-state index contributed by atoms with van der Waals surface area (Å²) in [6.07, 6.45) is 0.